The van der Waals surface area contributed by atoms with Crippen LogP contribution in [0.15, 0.2) is 18.5 Å². The van der Waals surface area contributed by atoms with Crippen molar-refractivity contribution in [1.29, 1.82) is 0 Å². The maximum Gasteiger partial charge on any atom is 0.339 e. The fourth-order valence-corrected chi connectivity index (χ4v) is 2.30. The molecule has 0 aliphatic heterocycles. The highest BCUT2D eigenvalue weighted by molar-refractivity contribution is 5.88. The van der Waals surface area contributed by atoms with Gasteiger partial charge in [-0.25, -0.2) is 4.79 Å². The van der Waals surface area contributed by atoms with Gasteiger partial charge in [-0.2, -0.15) is 10.2 Å². The van der Waals surface area contributed by atoms with Gasteiger partial charge < -0.3 is 5.11 Å². The van der Waals surface area contributed by atoms with E-state index in [1.54, 1.807) is 17.8 Å². The number of rotatable bonds is 6. The summed E-state index contributed by atoms with van der Waals surface area (Å²) in [6.07, 6.45) is 5.61. The normalized spacial score (nSPS) is 11.2. The average molecular weight is 276 g/mol. The number of carboxylic acids is 1. The van der Waals surface area contributed by atoms with E-state index in [1.807, 2.05) is 16.9 Å². The number of hydrogen-bond acceptors (Lipinski definition) is 3. The van der Waals surface area contributed by atoms with E-state index < -0.39 is 5.97 Å². The molecule has 2 aromatic heterocycles. The second-order valence-electron chi connectivity index (χ2n) is 4.89. The van der Waals surface area contributed by atoms with Crippen LogP contribution < -0.4 is 0 Å². The summed E-state index contributed by atoms with van der Waals surface area (Å²) >= 11 is 0. The molecule has 108 valence electrons. The third kappa shape index (κ3) is 2.89. The molecule has 2 heterocycles. The van der Waals surface area contributed by atoms with Crippen LogP contribution in [0.25, 0.3) is 0 Å². The van der Waals surface area contributed by atoms with E-state index in [4.69, 9.17) is 5.11 Å². The van der Waals surface area contributed by atoms with Crippen molar-refractivity contribution in [2.45, 2.75) is 46.2 Å². The van der Waals surface area contributed by atoms with Crippen molar-refractivity contribution in [2.75, 3.05) is 0 Å². The molecule has 0 saturated heterocycles. The number of aromatic carboxylic acids is 1. The predicted octanol–water partition coefficient (Wildman–Crippen LogP) is 2.50. The molecule has 0 atom stereocenters. The molecule has 2 rings (SSSR count). The number of nitrogens with zero attached hydrogens (tertiary/aromatic N) is 4. The number of aromatic nitrogens is 4. The second-order valence-corrected chi connectivity index (χ2v) is 4.89. The Morgan fingerprint density at radius 1 is 1.35 bits per heavy atom. The zero-order chi connectivity index (χ0) is 14.7. The Bertz CT molecular complexity index is 596. The number of hydrogen-bond donors (Lipinski definition) is 1. The van der Waals surface area contributed by atoms with Crippen LogP contribution >= 0.6 is 0 Å². The zero-order valence-electron chi connectivity index (χ0n) is 12.1. The van der Waals surface area contributed by atoms with Gasteiger partial charge in [0.25, 0.3) is 0 Å². The molecule has 0 aliphatic rings. The van der Waals surface area contributed by atoms with Gasteiger partial charge in [-0.3, -0.25) is 9.36 Å². The zero-order valence-corrected chi connectivity index (χ0v) is 12.1. The Balaban J connectivity index is 2.14. The lowest BCUT2D eigenvalue weighted by Gasteiger charge is -2.12. The van der Waals surface area contributed by atoms with E-state index in [1.165, 1.54) is 0 Å². The van der Waals surface area contributed by atoms with Crippen molar-refractivity contribution >= 4 is 5.97 Å². The van der Waals surface area contributed by atoms with E-state index in [9.17, 15) is 4.79 Å². The molecule has 0 unspecified atom stereocenters. The van der Waals surface area contributed by atoms with Gasteiger partial charge in [0, 0.05) is 12.4 Å². The highest BCUT2D eigenvalue weighted by atomic mass is 16.4. The Morgan fingerprint density at radius 3 is 2.60 bits per heavy atom. The first kappa shape index (κ1) is 14.3. The van der Waals surface area contributed by atoms with Gasteiger partial charge >= 0.3 is 5.97 Å². The van der Waals surface area contributed by atoms with E-state index in [2.05, 4.69) is 24.0 Å². The molecule has 1 N–H and O–H groups in total. The molecular weight excluding hydrogens is 256 g/mol. The lowest BCUT2D eigenvalue weighted by atomic mass is 10.2. The molecule has 0 bridgehead atoms. The third-order valence-electron chi connectivity index (χ3n) is 3.48. The predicted molar refractivity (Wildman–Crippen MR) is 74.9 cm³/mol. The SMILES string of the molecule is CCC(CC)n1ccc(Cn2cc(C(=O)O)c(C)n2)n1. The van der Waals surface area contributed by atoms with Crippen LogP contribution in [0.1, 0.15) is 54.5 Å². The molecule has 6 nitrogen and oxygen atoms in total. The van der Waals surface area contributed by atoms with Crippen molar-refractivity contribution in [3.8, 4) is 0 Å². The second kappa shape index (κ2) is 5.90. The van der Waals surface area contributed by atoms with E-state index >= 15 is 0 Å². The molecule has 2 aromatic rings. The van der Waals surface area contributed by atoms with Crippen molar-refractivity contribution in [3.05, 3.63) is 35.4 Å². The van der Waals surface area contributed by atoms with Crippen LogP contribution in [-0.2, 0) is 6.54 Å². The van der Waals surface area contributed by atoms with Crippen molar-refractivity contribution in [1.82, 2.24) is 19.6 Å². The molecule has 6 heteroatoms. The maximum absolute atomic E-state index is 11.0. The standard InChI is InChI=1S/C14H20N4O2/c1-4-12(5-2)18-7-6-11(16-18)8-17-9-13(14(19)20)10(3)15-17/h6-7,9,12H,4-5,8H2,1-3H3,(H,19,20). The van der Waals surface area contributed by atoms with Gasteiger partial charge in [-0.1, -0.05) is 13.8 Å². The Labute approximate surface area is 118 Å². The minimum Gasteiger partial charge on any atom is -0.478 e. The summed E-state index contributed by atoms with van der Waals surface area (Å²) in [5, 5.41) is 17.8. The van der Waals surface area contributed by atoms with Crippen LogP contribution in [-0.4, -0.2) is 30.6 Å². The number of aryl methyl sites for hydroxylation is 1. The van der Waals surface area contributed by atoms with Gasteiger partial charge in [0.1, 0.15) is 5.56 Å². The molecule has 20 heavy (non-hydrogen) atoms. The Kier molecular flexibility index (Phi) is 4.22. The first-order valence-electron chi connectivity index (χ1n) is 6.86. The first-order chi connectivity index (χ1) is 9.55. The summed E-state index contributed by atoms with van der Waals surface area (Å²) in [4.78, 5) is 11.0. The molecule has 0 amide bonds. The van der Waals surface area contributed by atoms with Crippen molar-refractivity contribution in [3.63, 3.8) is 0 Å². The lowest BCUT2D eigenvalue weighted by molar-refractivity contribution is 0.0696. The van der Waals surface area contributed by atoms with Crippen LogP contribution in [0.3, 0.4) is 0 Å². The summed E-state index contributed by atoms with van der Waals surface area (Å²) in [6.45, 7) is 6.47. The summed E-state index contributed by atoms with van der Waals surface area (Å²) in [6, 6.07) is 2.37. The first-order valence-corrected chi connectivity index (χ1v) is 6.86. The topological polar surface area (TPSA) is 72.9 Å². The Hall–Kier alpha value is -2.11. The summed E-state index contributed by atoms with van der Waals surface area (Å²) in [5.74, 6) is -0.948. The Morgan fingerprint density at radius 2 is 2.05 bits per heavy atom. The number of carboxylic acid groups (broad SMARTS) is 1. The molecule has 0 radical (unpaired) electrons. The quantitative estimate of drug-likeness (QED) is 0.879. The monoisotopic (exact) mass is 276 g/mol. The van der Waals surface area contributed by atoms with Crippen LogP contribution in [0.4, 0.5) is 0 Å². The molecule has 0 aromatic carbocycles. The largest absolute Gasteiger partial charge is 0.478 e. The molecule has 0 spiro atoms. The summed E-state index contributed by atoms with van der Waals surface area (Å²) in [7, 11) is 0. The fraction of sp³-hybridized carbons (Fsp3) is 0.500. The van der Waals surface area contributed by atoms with Gasteiger partial charge in [0.15, 0.2) is 0 Å². The van der Waals surface area contributed by atoms with Gasteiger partial charge in [0.05, 0.1) is 24.0 Å². The summed E-state index contributed by atoms with van der Waals surface area (Å²) < 4.78 is 3.60. The minimum absolute atomic E-state index is 0.240. The van der Waals surface area contributed by atoms with Crippen LogP contribution in [0, 0.1) is 6.92 Å². The maximum atomic E-state index is 11.0. The average Bonchev–Trinajstić information content (AvgIpc) is 2.99. The van der Waals surface area contributed by atoms with Crippen molar-refractivity contribution < 1.29 is 9.90 Å². The number of carbonyl (C=O) groups is 1. The van der Waals surface area contributed by atoms with E-state index in [0.29, 0.717) is 18.3 Å². The van der Waals surface area contributed by atoms with E-state index in [0.717, 1.165) is 18.5 Å². The lowest BCUT2D eigenvalue weighted by Crippen LogP contribution is -2.09. The van der Waals surface area contributed by atoms with Crippen molar-refractivity contribution in [2.24, 2.45) is 0 Å². The van der Waals surface area contributed by atoms with Gasteiger partial charge in [0.2, 0.25) is 0 Å². The minimum atomic E-state index is -0.948. The van der Waals surface area contributed by atoms with Gasteiger partial charge in [-0.15, -0.1) is 0 Å². The highest BCUT2D eigenvalue weighted by Crippen LogP contribution is 2.15. The fourth-order valence-electron chi connectivity index (χ4n) is 2.30. The van der Waals surface area contributed by atoms with Crippen LogP contribution in [0.5, 0.6) is 0 Å². The van der Waals surface area contributed by atoms with Crippen LogP contribution in [0.2, 0.25) is 0 Å². The van der Waals surface area contributed by atoms with Gasteiger partial charge in [-0.05, 0) is 25.8 Å². The van der Waals surface area contributed by atoms with E-state index in [-0.39, 0.29) is 5.56 Å². The molecule has 0 fully saturated rings. The molecule has 0 saturated carbocycles. The molecular formula is C14H20N4O2. The third-order valence-corrected chi connectivity index (χ3v) is 3.48. The summed E-state index contributed by atoms with van der Waals surface area (Å²) in [5.41, 5.74) is 1.65. The molecule has 0 aliphatic carbocycles. The highest BCUT2D eigenvalue weighted by Gasteiger charge is 2.13. The smallest absolute Gasteiger partial charge is 0.339 e.